The Balaban J connectivity index is 2.43. The third-order valence-corrected chi connectivity index (χ3v) is 1.92. The van der Waals surface area contributed by atoms with Gasteiger partial charge in [-0.1, -0.05) is 0 Å². The number of fused-ring (bicyclic) bond motifs is 1. The van der Waals surface area contributed by atoms with Crippen LogP contribution in [-0.4, -0.2) is 13.2 Å². The van der Waals surface area contributed by atoms with Crippen LogP contribution in [0.2, 0.25) is 0 Å². The van der Waals surface area contributed by atoms with E-state index >= 15 is 0 Å². The van der Waals surface area contributed by atoms with Gasteiger partial charge in [0.25, 0.3) is 0 Å². The Kier molecular flexibility index (Phi) is 2.06. The van der Waals surface area contributed by atoms with E-state index < -0.39 is 5.82 Å². The van der Waals surface area contributed by atoms with Crippen molar-refractivity contribution in [2.45, 2.75) is 6.61 Å². The first-order valence-corrected chi connectivity index (χ1v) is 4.06. The number of rotatable bonds is 0. The zero-order chi connectivity index (χ0) is 9.26. The molecule has 0 spiro atoms. The monoisotopic (exact) mass is 183 g/mol. The summed E-state index contributed by atoms with van der Waals surface area (Å²) in [4.78, 5) is 0. The third kappa shape index (κ3) is 1.58. The molecule has 2 N–H and O–H groups in total. The average molecular weight is 183 g/mol. The van der Waals surface area contributed by atoms with Gasteiger partial charge in [-0.3, -0.25) is 0 Å². The molecular formula is C9H10FNO2. The summed E-state index contributed by atoms with van der Waals surface area (Å²) in [6, 6.07) is 2.86. The van der Waals surface area contributed by atoms with Crippen LogP contribution in [0.3, 0.4) is 0 Å². The zero-order valence-electron chi connectivity index (χ0n) is 7.05. The van der Waals surface area contributed by atoms with Gasteiger partial charge in [0, 0.05) is 11.6 Å². The fourth-order valence-corrected chi connectivity index (χ4v) is 1.26. The molecule has 2 rings (SSSR count). The predicted molar refractivity (Wildman–Crippen MR) is 46.0 cm³/mol. The minimum absolute atomic E-state index is 0.132. The third-order valence-electron chi connectivity index (χ3n) is 1.92. The lowest BCUT2D eigenvalue weighted by Gasteiger charge is -2.06. The number of nitrogen functional groups attached to an aromatic ring is 1. The molecule has 0 aliphatic carbocycles. The van der Waals surface area contributed by atoms with Crippen LogP contribution in [0.1, 0.15) is 5.56 Å². The van der Waals surface area contributed by atoms with Gasteiger partial charge in [0.05, 0.1) is 18.9 Å². The molecule has 70 valence electrons. The number of anilines is 1. The van der Waals surface area contributed by atoms with Gasteiger partial charge in [0.1, 0.15) is 18.2 Å². The number of hydrogen-bond donors (Lipinski definition) is 1. The quantitative estimate of drug-likeness (QED) is 0.617. The lowest BCUT2D eigenvalue weighted by atomic mass is 10.2. The van der Waals surface area contributed by atoms with Crippen LogP contribution < -0.4 is 10.5 Å². The SMILES string of the molecule is Nc1cc2c(cc1F)OCCOC2. The first kappa shape index (κ1) is 8.31. The summed E-state index contributed by atoms with van der Waals surface area (Å²) in [5.74, 6) is 0.0878. The molecule has 1 aliphatic rings. The van der Waals surface area contributed by atoms with Crippen molar-refractivity contribution >= 4 is 5.69 Å². The van der Waals surface area contributed by atoms with Crippen molar-refractivity contribution in [2.75, 3.05) is 18.9 Å². The molecular weight excluding hydrogens is 173 g/mol. The average Bonchev–Trinajstić information content (AvgIpc) is 2.31. The molecule has 0 radical (unpaired) electrons. The van der Waals surface area contributed by atoms with Gasteiger partial charge in [-0.2, -0.15) is 0 Å². The molecule has 1 aromatic rings. The molecule has 0 fully saturated rings. The molecule has 0 aromatic heterocycles. The van der Waals surface area contributed by atoms with Crippen molar-refractivity contribution in [1.29, 1.82) is 0 Å². The maximum Gasteiger partial charge on any atom is 0.149 e. The van der Waals surface area contributed by atoms with E-state index in [1.807, 2.05) is 0 Å². The molecule has 0 atom stereocenters. The Bertz CT molecular complexity index is 297. The van der Waals surface area contributed by atoms with Crippen LogP contribution in [0.5, 0.6) is 5.75 Å². The van der Waals surface area contributed by atoms with Gasteiger partial charge in [0.15, 0.2) is 0 Å². The van der Waals surface area contributed by atoms with E-state index in [1.165, 1.54) is 6.07 Å². The molecule has 1 heterocycles. The Morgan fingerprint density at radius 2 is 2.15 bits per heavy atom. The van der Waals surface area contributed by atoms with Gasteiger partial charge in [-0.05, 0) is 6.07 Å². The first-order valence-electron chi connectivity index (χ1n) is 4.06. The van der Waals surface area contributed by atoms with Crippen LogP contribution in [0, 0.1) is 5.82 Å². The Morgan fingerprint density at radius 3 is 3.00 bits per heavy atom. The molecule has 3 nitrogen and oxygen atoms in total. The lowest BCUT2D eigenvalue weighted by molar-refractivity contribution is 0.107. The number of nitrogens with two attached hydrogens (primary N) is 1. The summed E-state index contributed by atoms with van der Waals surface area (Å²) in [6.07, 6.45) is 0. The molecule has 1 aromatic carbocycles. The van der Waals surface area contributed by atoms with E-state index in [2.05, 4.69) is 0 Å². The van der Waals surface area contributed by atoms with Crippen molar-refractivity contribution in [3.63, 3.8) is 0 Å². The van der Waals surface area contributed by atoms with Crippen LogP contribution >= 0.6 is 0 Å². The standard InChI is InChI=1S/C9H10FNO2/c10-7-4-9-6(3-8(7)11)5-12-1-2-13-9/h3-4H,1-2,5,11H2. The van der Waals surface area contributed by atoms with Crippen molar-refractivity contribution in [1.82, 2.24) is 0 Å². The zero-order valence-corrected chi connectivity index (χ0v) is 7.05. The fourth-order valence-electron chi connectivity index (χ4n) is 1.26. The van der Waals surface area contributed by atoms with E-state index in [0.717, 1.165) is 5.56 Å². The fraction of sp³-hybridized carbons (Fsp3) is 0.333. The second-order valence-electron chi connectivity index (χ2n) is 2.88. The largest absolute Gasteiger partial charge is 0.491 e. The van der Waals surface area contributed by atoms with Gasteiger partial charge in [-0.15, -0.1) is 0 Å². The summed E-state index contributed by atoms with van der Waals surface area (Å²) in [6.45, 7) is 1.41. The smallest absolute Gasteiger partial charge is 0.149 e. The highest BCUT2D eigenvalue weighted by Gasteiger charge is 2.12. The Labute approximate surface area is 75.3 Å². The summed E-state index contributed by atoms with van der Waals surface area (Å²) in [7, 11) is 0. The predicted octanol–water partition coefficient (Wildman–Crippen LogP) is 1.32. The highest BCUT2D eigenvalue weighted by Crippen LogP contribution is 2.26. The minimum atomic E-state index is -0.444. The maximum absolute atomic E-state index is 13.0. The van der Waals surface area contributed by atoms with Crippen LogP contribution in [-0.2, 0) is 11.3 Å². The van der Waals surface area contributed by atoms with E-state index in [0.29, 0.717) is 25.6 Å². The Morgan fingerprint density at radius 1 is 1.31 bits per heavy atom. The number of hydrogen-bond acceptors (Lipinski definition) is 3. The molecule has 0 saturated carbocycles. The van der Waals surface area contributed by atoms with Crippen LogP contribution in [0.4, 0.5) is 10.1 Å². The number of benzene rings is 1. The molecule has 0 amide bonds. The molecule has 0 saturated heterocycles. The van der Waals surface area contributed by atoms with Gasteiger partial charge in [-0.25, -0.2) is 4.39 Å². The van der Waals surface area contributed by atoms with Gasteiger partial charge < -0.3 is 15.2 Å². The van der Waals surface area contributed by atoms with Crippen molar-refractivity contribution < 1.29 is 13.9 Å². The maximum atomic E-state index is 13.0. The molecule has 13 heavy (non-hydrogen) atoms. The topological polar surface area (TPSA) is 44.5 Å². The highest BCUT2D eigenvalue weighted by atomic mass is 19.1. The number of ether oxygens (including phenoxy) is 2. The Hall–Kier alpha value is -1.29. The van der Waals surface area contributed by atoms with E-state index in [4.69, 9.17) is 15.2 Å². The normalized spacial score (nSPS) is 15.8. The highest BCUT2D eigenvalue weighted by molar-refractivity contribution is 5.49. The summed E-state index contributed by atoms with van der Waals surface area (Å²) in [5, 5.41) is 0. The second kappa shape index (κ2) is 3.22. The molecule has 4 heteroatoms. The molecule has 0 bridgehead atoms. The summed E-state index contributed by atoms with van der Waals surface area (Å²) >= 11 is 0. The molecule has 1 aliphatic heterocycles. The first-order chi connectivity index (χ1) is 6.27. The van der Waals surface area contributed by atoms with E-state index in [1.54, 1.807) is 6.07 Å². The van der Waals surface area contributed by atoms with Crippen molar-refractivity contribution in [2.24, 2.45) is 0 Å². The van der Waals surface area contributed by atoms with Crippen LogP contribution in [0.25, 0.3) is 0 Å². The lowest BCUT2D eigenvalue weighted by Crippen LogP contribution is -2.01. The van der Waals surface area contributed by atoms with E-state index in [9.17, 15) is 4.39 Å². The second-order valence-corrected chi connectivity index (χ2v) is 2.88. The minimum Gasteiger partial charge on any atom is -0.491 e. The van der Waals surface area contributed by atoms with Crippen LogP contribution in [0.15, 0.2) is 12.1 Å². The van der Waals surface area contributed by atoms with Crippen molar-refractivity contribution in [3.8, 4) is 5.75 Å². The summed E-state index contributed by atoms with van der Waals surface area (Å²) < 4.78 is 23.5. The van der Waals surface area contributed by atoms with Gasteiger partial charge in [0.2, 0.25) is 0 Å². The number of halogens is 1. The summed E-state index contributed by atoms with van der Waals surface area (Å²) in [5.41, 5.74) is 6.34. The van der Waals surface area contributed by atoms with E-state index in [-0.39, 0.29) is 5.69 Å². The van der Waals surface area contributed by atoms with Crippen molar-refractivity contribution in [3.05, 3.63) is 23.5 Å². The van der Waals surface area contributed by atoms with Gasteiger partial charge >= 0.3 is 0 Å². The molecule has 0 unspecified atom stereocenters.